The normalized spacial score (nSPS) is 19.8. The molecular formula is C18H24N2O3S2. The highest BCUT2D eigenvalue weighted by Gasteiger charge is 2.32. The molecule has 2 aromatic rings. The number of hydrogen-bond acceptors (Lipinski definition) is 5. The van der Waals surface area contributed by atoms with Crippen LogP contribution in [0.3, 0.4) is 0 Å². The minimum absolute atomic E-state index is 0.0588. The SMILES string of the molecule is CC(C)(C)OC(=O)N1CCCC[C@@H]1C[S@](=O)c1nc2ccccc2s1. The third-order valence-corrected chi connectivity index (χ3v) is 6.87. The lowest BCUT2D eigenvalue weighted by atomic mass is 10.0. The van der Waals surface area contributed by atoms with Crippen LogP contribution >= 0.6 is 11.3 Å². The lowest BCUT2D eigenvalue weighted by Crippen LogP contribution is -2.48. The number of rotatable bonds is 3. The number of carbonyl (C=O) groups excluding carboxylic acids is 1. The van der Waals surface area contributed by atoms with Gasteiger partial charge in [0, 0.05) is 12.6 Å². The molecule has 1 aliphatic heterocycles. The van der Waals surface area contributed by atoms with E-state index in [0.717, 1.165) is 29.5 Å². The maximum atomic E-state index is 12.8. The van der Waals surface area contributed by atoms with E-state index in [4.69, 9.17) is 4.74 Å². The molecule has 0 N–H and O–H groups in total. The molecule has 0 radical (unpaired) electrons. The van der Waals surface area contributed by atoms with Crippen LogP contribution in [0.25, 0.3) is 10.2 Å². The molecular weight excluding hydrogens is 356 g/mol. The van der Waals surface area contributed by atoms with E-state index in [9.17, 15) is 9.00 Å². The van der Waals surface area contributed by atoms with Crippen molar-refractivity contribution in [3.05, 3.63) is 24.3 Å². The summed E-state index contributed by atoms with van der Waals surface area (Å²) in [6, 6.07) is 7.75. The van der Waals surface area contributed by atoms with Gasteiger partial charge in [0.1, 0.15) is 5.60 Å². The van der Waals surface area contributed by atoms with E-state index in [0.29, 0.717) is 16.6 Å². The Bertz CT molecular complexity index is 749. The van der Waals surface area contributed by atoms with E-state index < -0.39 is 16.4 Å². The Balaban J connectivity index is 1.72. The standard InChI is InChI=1S/C18H24N2O3S2/c1-18(2,3)23-17(21)20-11-7-6-8-13(20)12-25(22)16-19-14-9-4-5-10-15(14)24-16/h4-5,9-10,13H,6-8,11-12H2,1-3H3/t13-,25+/m1/s1. The van der Waals surface area contributed by atoms with Crippen molar-refractivity contribution in [2.24, 2.45) is 0 Å². The van der Waals surface area contributed by atoms with Crippen molar-refractivity contribution < 1.29 is 13.7 Å². The summed E-state index contributed by atoms with van der Waals surface area (Å²) in [6.45, 7) is 6.26. The van der Waals surface area contributed by atoms with Crippen molar-refractivity contribution in [3.63, 3.8) is 0 Å². The predicted molar refractivity (Wildman–Crippen MR) is 101 cm³/mol. The second-order valence-electron chi connectivity index (χ2n) is 7.28. The van der Waals surface area contributed by atoms with Crippen LogP contribution in [-0.2, 0) is 15.5 Å². The van der Waals surface area contributed by atoms with Gasteiger partial charge >= 0.3 is 6.09 Å². The number of benzene rings is 1. The van der Waals surface area contributed by atoms with E-state index in [1.165, 1.54) is 11.3 Å². The zero-order valence-electron chi connectivity index (χ0n) is 14.9. The summed E-state index contributed by atoms with van der Waals surface area (Å²) in [5, 5.41) is 0. The fourth-order valence-electron chi connectivity index (χ4n) is 2.93. The summed E-state index contributed by atoms with van der Waals surface area (Å²) < 4.78 is 20.0. The molecule has 136 valence electrons. The fraction of sp³-hybridized carbons (Fsp3) is 0.556. The van der Waals surface area contributed by atoms with Gasteiger partial charge in [-0.15, -0.1) is 11.3 Å². The third-order valence-electron chi connectivity index (χ3n) is 4.07. The van der Waals surface area contributed by atoms with Crippen LogP contribution in [0.1, 0.15) is 40.0 Å². The maximum absolute atomic E-state index is 12.8. The molecule has 0 aliphatic carbocycles. The summed E-state index contributed by atoms with van der Waals surface area (Å²) in [5.41, 5.74) is 0.356. The second-order valence-corrected chi connectivity index (χ2v) is 9.98. The summed E-state index contributed by atoms with van der Waals surface area (Å²) in [6.07, 6.45) is 2.55. The molecule has 3 rings (SSSR count). The van der Waals surface area contributed by atoms with Gasteiger partial charge in [-0.2, -0.15) is 0 Å². The Hall–Kier alpha value is -1.47. The van der Waals surface area contributed by atoms with Gasteiger partial charge in [0.05, 0.1) is 26.8 Å². The van der Waals surface area contributed by atoms with Gasteiger partial charge in [-0.1, -0.05) is 12.1 Å². The fourth-order valence-corrected chi connectivity index (χ4v) is 5.51. The predicted octanol–water partition coefficient (Wildman–Crippen LogP) is 4.19. The molecule has 1 saturated heterocycles. The first-order valence-corrected chi connectivity index (χ1v) is 10.7. The molecule has 1 aromatic carbocycles. The number of piperidine rings is 1. The topological polar surface area (TPSA) is 59.5 Å². The zero-order chi connectivity index (χ0) is 18.0. The van der Waals surface area contributed by atoms with Crippen LogP contribution in [0.4, 0.5) is 4.79 Å². The van der Waals surface area contributed by atoms with Crippen molar-refractivity contribution in [2.45, 2.75) is 56.0 Å². The summed E-state index contributed by atoms with van der Waals surface area (Å²) in [7, 11) is -1.22. The highest BCUT2D eigenvalue weighted by molar-refractivity contribution is 7.87. The molecule has 1 aliphatic rings. The largest absolute Gasteiger partial charge is 0.444 e. The van der Waals surface area contributed by atoms with E-state index in [2.05, 4.69) is 4.98 Å². The molecule has 7 heteroatoms. The van der Waals surface area contributed by atoms with Crippen LogP contribution in [0.15, 0.2) is 28.6 Å². The monoisotopic (exact) mass is 380 g/mol. The van der Waals surface area contributed by atoms with Gasteiger partial charge in [-0.05, 0) is 52.2 Å². The average Bonchev–Trinajstić information content (AvgIpc) is 2.98. The smallest absolute Gasteiger partial charge is 0.410 e. The van der Waals surface area contributed by atoms with Gasteiger partial charge in [-0.3, -0.25) is 4.21 Å². The van der Waals surface area contributed by atoms with Crippen molar-refractivity contribution >= 4 is 38.4 Å². The Labute approximate surface area is 154 Å². The number of para-hydroxylation sites is 1. The van der Waals surface area contributed by atoms with E-state index in [1.54, 1.807) is 4.90 Å². The second kappa shape index (κ2) is 7.41. The number of fused-ring (bicyclic) bond motifs is 1. The summed E-state index contributed by atoms with van der Waals surface area (Å²) in [5.74, 6) is 0.416. The molecule has 0 bridgehead atoms. The van der Waals surface area contributed by atoms with Gasteiger partial charge < -0.3 is 9.64 Å². The molecule has 0 saturated carbocycles. The zero-order valence-corrected chi connectivity index (χ0v) is 16.5. The molecule has 2 heterocycles. The van der Waals surface area contributed by atoms with E-state index in [1.807, 2.05) is 45.0 Å². The Morgan fingerprint density at radius 1 is 1.36 bits per heavy atom. The van der Waals surface area contributed by atoms with Crippen LogP contribution < -0.4 is 0 Å². The number of nitrogens with zero attached hydrogens (tertiary/aromatic N) is 2. The third kappa shape index (κ3) is 4.58. The Morgan fingerprint density at radius 2 is 2.12 bits per heavy atom. The van der Waals surface area contributed by atoms with Gasteiger partial charge in [-0.25, -0.2) is 9.78 Å². The Kier molecular flexibility index (Phi) is 5.43. The number of hydrogen-bond donors (Lipinski definition) is 0. The molecule has 1 amide bonds. The van der Waals surface area contributed by atoms with Crippen molar-refractivity contribution in [1.82, 2.24) is 9.88 Å². The first kappa shape index (κ1) is 18.3. The van der Waals surface area contributed by atoms with Crippen LogP contribution in [0.5, 0.6) is 0 Å². The minimum Gasteiger partial charge on any atom is -0.444 e. The number of likely N-dealkylation sites (tertiary alicyclic amines) is 1. The highest BCUT2D eigenvalue weighted by Crippen LogP contribution is 2.27. The number of thiazole rings is 1. The maximum Gasteiger partial charge on any atom is 0.410 e. The molecule has 25 heavy (non-hydrogen) atoms. The lowest BCUT2D eigenvalue weighted by Gasteiger charge is -2.36. The van der Waals surface area contributed by atoms with Crippen LogP contribution in [-0.4, -0.2) is 44.1 Å². The number of ether oxygens (including phenoxy) is 1. The average molecular weight is 381 g/mol. The van der Waals surface area contributed by atoms with E-state index in [-0.39, 0.29) is 12.1 Å². The molecule has 1 fully saturated rings. The van der Waals surface area contributed by atoms with Gasteiger partial charge in [0.25, 0.3) is 0 Å². The van der Waals surface area contributed by atoms with Gasteiger partial charge in [0.2, 0.25) is 0 Å². The van der Waals surface area contributed by atoms with Crippen molar-refractivity contribution in [3.8, 4) is 0 Å². The molecule has 0 unspecified atom stereocenters. The first-order chi connectivity index (χ1) is 11.8. The minimum atomic E-state index is -1.22. The molecule has 0 spiro atoms. The number of aromatic nitrogens is 1. The number of amides is 1. The lowest BCUT2D eigenvalue weighted by molar-refractivity contribution is 0.0125. The summed E-state index contributed by atoms with van der Waals surface area (Å²) in [4.78, 5) is 18.7. The van der Waals surface area contributed by atoms with Crippen LogP contribution in [0.2, 0.25) is 0 Å². The Morgan fingerprint density at radius 3 is 2.84 bits per heavy atom. The molecule has 5 nitrogen and oxygen atoms in total. The summed E-state index contributed by atoms with van der Waals surface area (Å²) >= 11 is 1.47. The highest BCUT2D eigenvalue weighted by atomic mass is 32.2. The number of carbonyl (C=O) groups is 1. The molecule has 1 aromatic heterocycles. The van der Waals surface area contributed by atoms with Gasteiger partial charge in [0.15, 0.2) is 4.34 Å². The van der Waals surface area contributed by atoms with E-state index >= 15 is 0 Å². The van der Waals surface area contributed by atoms with Crippen molar-refractivity contribution in [2.75, 3.05) is 12.3 Å². The first-order valence-electron chi connectivity index (χ1n) is 8.57. The quantitative estimate of drug-likeness (QED) is 0.801. The van der Waals surface area contributed by atoms with Crippen molar-refractivity contribution in [1.29, 1.82) is 0 Å². The molecule has 2 atom stereocenters. The van der Waals surface area contributed by atoms with Crippen LogP contribution in [0, 0.1) is 0 Å².